The van der Waals surface area contributed by atoms with Crippen molar-refractivity contribution >= 4 is 27.5 Å². The second-order valence-electron chi connectivity index (χ2n) is 7.35. The molecule has 2 aliphatic heterocycles. The zero-order valence-electron chi connectivity index (χ0n) is 15.6. The van der Waals surface area contributed by atoms with Gasteiger partial charge < -0.3 is 15.1 Å². The van der Waals surface area contributed by atoms with Crippen LogP contribution in [0.4, 0.5) is 4.79 Å². The minimum Gasteiger partial charge on any atom is -0.337 e. The lowest BCUT2D eigenvalue weighted by atomic mass is 10.1. The number of nitrogens with one attached hydrogen (secondary N) is 1. The van der Waals surface area contributed by atoms with Crippen LogP contribution in [0.15, 0.2) is 29.2 Å². The number of hydrogen-bond donors (Lipinski definition) is 1. The van der Waals surface area contributed by atoms with Gasteiger partial charge in [0.25, 0.3) is 0 Å². The molecular formula is C19H28ClN3O3S. The first-order valence-corrected chi connectivity index (χ1v) is 11.6. The Bertz CT molecular complexity index is 750. The molecule has 3 rings (SSSR count). The molecule has 27 heavy (non-hydrogen) atoms. The lowest BCUT2D eigenvalue weighted by molar-refractivity contribution is 0.182. The van der Waals surface area contributed by atoms with Crippen LogP contribution in [-0.2, 0) is 9.84 Å². The highest BCUT2D eigenvalue weighted by molar-refractivity contribution is 7.92. The summed E-state index contributed by atoms with van der Waals surface area (Å²) in [6.45, 7) is 4.46. The number of rotatable bonds is 5. The number of carbonyl (C=O) groups is 1. The van der Waals surface area contributed by atoms with E-state index in [0.29, 0.717) is 31.0 Å². The van der Waals surface area contributed by atoms with Gasteiger partial charge in [0.1, 0.15) is 0 Å². The van der Waals surface area contributed by atoms with Gasteiger partial charge in [-0.1, -0.05) is 24.1 Å². The molecule has 150 valence electrons. The van der Waals surface area contributed by atoms with E-state index < -0.39 is 15.1 Å². The van der Waals surface area contributed by atoms with Gasteiger partial charge in [0.2, 0.25) is 0 Å². The first kappa shape index (κ1) is 20.4. The van der Waals surface area contributed by atoms with E-state index in [-0.39, 0.29) is 17.5 Å². The Hall–Kier alpha value is -1.31. The summed E-state index contributed by atoms with van der Waals surface area (Å²) in [5.41, 5.74) is 0. The van der Waals surface area contributed by atoms with Crippen molar-refractivity contribution in [1.82, 2.24) is 15.1 Å². The molecule has 2 amide bonds. The molecule has 0 aliphatic carbocycles. The number of benzene rings is 1. The molecule has 1 unspecified atom stereocenters. The quantitative estimate of drug-likeness (QED) is 0.805. The molecule has 1 aromatic carbocycles. The Morgan fingerprint density at radius 1 is 1.15 bits per heavy atom. The highest BCUT2D eigenvalue weighted by atomic mass is 35.5. The third-order valence-corrected chi connectivity index (χ3v) is 7.79. The Labute approximate surface area is 166 Å². The van der Waals surface area contributed by atoms with Crippen molar-refractivity contribution in [3.63, 3.8) is 0 Å². The summed E-state index contributed by atoms with van der Waals surface area (Å²) in [7, 11) is -3.50. The fourth-order valence-electron chi connectivity index (χ4n) is 3.83. The van der Waals surface area contributed by atoms with Gasteiger partial charge >= 0.3 is 6.03 Å². The summed E-state index contributed by atoms with van der Waals surface area (Å²) in [6.07, 6.45) is 4.99. The normalized spacial score (nSPS) is 21.8. The molecule has 2 aliphatic rings. The van der Waals surface area contributed by atoms with E-state index in [2.05, 4.69) is 10.2 Å². The van der Waals surface area contributed by atoms with E-state index in [0.717, 1.165) is 19.6 Å². The van der Waals surface area contributed by atoms with E-state index in [9.17, 15) is 13.2 Å². The molecule has 2 saturated heterocycles. The zero-order valence-corrected chi connectivity index (χ0v) is 17.1. The van der Waals surface area contributed by atoms with Crippen molar-refractivity contribution in [3.05, 3.63) is 29.3 Å². The maximum absolute atomic E-state index is 12.9. The topological polar surface area (TPSA) is 69.7 Å². The molecule has 0 bridgehead atoms. The Morgan fingerprint density at radius 3 is 2.67 bits per heavy atom. The van der Waals surface area contributed by atoms with Crippen LogP contribution in [0, 0.1) is 0 Å². The van der Waals surface area contributed by atoms with Gasteiger partial charge in [-0.25, -0.2) is 13.2 Å². The van der Waals surface area contributed by atoms with Crippen molar-refractivity contribution in [2.45, 2.75) is 42.2 Å². The standard InChI is InChI=1S/C19H28ClN3O3S/c20-16-6-4-7-17(14-16)27(25,26)18-8-5-12-23(15-18)19(24)21-9-13-22-10-2-1-3-11-22/h4,6-7,14,18H,1-3,5,8-13,15H2,(H,21,24). The molecule has 2 heterocycles. The number of piperidine rings is 2. The van der Waals surface area contributed by atoms with Crippen LogP contribution in [0.3, 0.4) is 0 Å². The summed E-state index contributed by atoms with van der Waals surface area (Å²) in [5.74, 6) is 0. The molecule has 8 heteroatoms. The molecular weight excluding hydrogens is 386 g/mol. The van der Waals surface area contributed by atoms with Gasteiger partial charge in [-0.2, -0.15) is 0 Å². The molecule has 1 aromatic rings. The number of carbonyl (C=O) groups excluding carboxylic acids is 1. The minimum absolute atomic E-state index is 0.169. The lowest BCUT2D eigenvalue weighted by Gasteiger charge is -2.33. The average molecular weight is 414 g/mol. The van der Waals surface area contributed by atoms with Crippen LogP contribution in [0.1, 0.15) is 32.1 Å². The third-order valence-electron chi connectivity index (χ3n) is 5.38. The highest BCUT2D eigenvalue weighted by Crippen LogP contribution is 2.25. The predicted molar refractivity (Wildman–Crippen MR) is 107 cm³/mol. The van der Waals surface area contributed by atoms with Gasteiger partial charge in [0.05, 0.1) is 10.1 Å². The largest absolute Gasteiger partial charge is 0.337 e. The first-order valence-electron chi connectivity index (χ1n) is 9.71. The van der Waals surface area contributed by atoms with E-state index >= 15 is 0 Å². The van der Waals surface area contributed by atoms with Crippen LogP contribution < -0.4 is 5.32 Å². The van der Waals surface area contributed by atoms with Crippen LogP contribution >= 0.6 is 11.6 Å². The Kier molecular flexibility index (Phi) is 7.00. The number of nitrogens with zero attached hydrogens (tertiary/aromatic N) is 2. The second-order valence-corrected chi connectivity index (χ2v) is 10.0. The summed E-state index contributed by atoms with van der Waals surface area (Å²) < 4.78 is 25.8. The van der Waals surface area contributed by atoms with Gasteiger partial charge in [0.15, 0.2) is 9.84 Å². The smallest absolute Gasteiger partial charge is 0.317 e. The summed E-state index contributed by atoms with van der Waals surface area (Å²) in [4.78, 5) is 16.7. The Balaban J connectivity index is 1.54. The van der Waals surface area contributed by atoms with Crippen molar-refractivity contribution in [1.29, 1.82) is 0 Å². The van der Waals surface area contributed by atoms with E-state index in [1.165, 1.54) is 25.3 Å². The van der Waals surface area contributed by atoms with Crippen molar-refractivity contribution in [2.75, 3.05) is 39.3 Å². The SMILES string of the molecule is O=C(NCCN1CCCCC1)N1CCCC(S(=O)(=O)c2cccc(Cl)c2)C1. The molecule has 1 N–H and O–H groups in total. The molecule has 6 nitrogen and oxygen atoms in total. The van der Waals surface area contributed by atoms with Gasteiger partial charge in [-0.15, -0.1) is 0 Å². The van der Waals surface area contributed by atoms with Crippen molar-refractivity contribution in [2.24, 2.45) is 0 Å². The second kappa shape index (κ2) is 9.26. The molecule has 0 aromatic heterocycles. The maximum Gasteiger partial charge on any atom is 0.317 e. The molecule has 0 radical (unpaired) electrons. The molecule has 1 atom stereocenters. The number of likely N-dealkylation sites (tertiary alicyclic amines) is 2. The molecule has 2 fully saturated rings. The zero-order chi connectivity index (χ0) is 19.3. The van der Waals surface area contributed by atoms with E-state index in [1.807, 2.05) is 0 Å². The van der Waals surface area contributed by atoms with Gasteiger partial charge in [-0.3, -0.25) is 0 Å². The van der Waals surface area contributed by atoms with E-state index in [1.54, 1.807) is 23.1 Å². The van der Waals surface area contributed by atoms with E-state index in [4.69, 9.17) is 11.6 Å². The number of sulfone groups is 1. The van der Waals surface area contributed by atoms with Gasteiger partial charge in [0, 0.05) is 31.2 Å². The monoisotopic (exact) mass is 413 g/mol. The predicted octanol–water partition coefficient (Wildman–Crippen LogP) is 2.77. The highest BCUT2D eigenvalue weighted by Gasteiger charge is 2.33. The fraction of sp³-hybridized carbons (Fsp3) is 0.632. The summed E-state index contributed by atoms with van der Waals surface area (Å²) in [6, 6.07) is 6.18. The number of amides is 2. The van der Waals surface area contributed by atoms with Crippen LogP contribution in [0.2, 0.25) is 5.02 Å². The Morgan fingerprint density at radius 2 is 1.93 bits per heavy atom. The lowest BCUT2D eigenvalue weighted by Crippen LogP contribution is -2.50. The van der Waals surface area contributed by atoms with Gasteiger partial charge in [-0.05, 0) is 57.0 Å². The number of urea groups is 1. The van der Waals surface area contributed by atoms with Crippen LogP contribution in [-0.4, -0.2) is 68.8 Å². The average Bonchev–Trinajstić information content (AvgIpc) is 2.69. The number of halogens is 1. The molecule has 0 spiro atoms. The summed E-state index contributed by atoms with van der Waals surface area (Å²) >= 11 is 5.95. The van der Waals surface area contributed by atoms with Crippen LogP contribution in [0.5, 0.6) is 0 Å². The summed E-state index contributed by atoms with van der Waals surface area (Å²) in [5, 5.41) is 2.77. The minimum atomic E-state index is -3.50. The van der Waals surface area contributed by atoms with Crippen LogP contribution in [0.25, 0.3) is 0 Å². The maximum atomic E-state index is 12.9. The third kappa shape index (κ3) is 5.36. The van der Waals surface area contributed by atoms with Crippen molar-refractivity contribution < 1.29 is 13.2 Å². The molecule has 0 saturated carbocycles. The van der Waals surface area contributed by atoms with Crippen molar-refractivity contribution in [3.8, 4) is 0 Å². The number of hydrogen-bond acceptors (Lipinski definition) is 4. The first-order chi connectivity index (χ1) is 13.0. The fourth-order valence-corrected chi connectivity index (χ4v) is 5.88.